The lowest BCUT2D eigenvalue weighted by Crippen LogP contribution is -2.19. The first-order valence-electron chi connectivity index (χ1n) is 4.61. The maximum absolute atomic E-state index is 11.4. The van der Waals surface area contributed by atoms with Gasteiger partial charge in [-0.25, -0.2) is 4.98 Å². The molecule has 4 nitrogen and oxygen atoms in total. The van der Waals surface area contributed by atoms with Crippen LogP contribution in [0.2, 0.25) is 0 Å². The Hall–Kier alpha value is -2.10. The summed E-state index contributed by atoms with van der Waals surface area (Å²) in [5.41, 5.74) is 7.32. The fourth-order valence-electron chi connectivity index (χ4n) is 1.36. The number of anilines is 1. The van der Waals surface area contributed by atoms with Gasteiger partial charge in [0.15, 0.2) is 0 Å². The maximum Gasteiger partial charge on any atom is 0.253 e. The minimum atomic E-state index is -0.0757. The molecule has 1 heterocycles. The second kappa shape index (κ2) is 3.96. The summed E-state index contributed by atoms with van der Waals surface area (Å²) in [6, 6.07) is 8.91. The molecule has 4 heteroatoms. The van der Waals surface area contributed by atoms with E-state index in [9.17, 15) is 4.79 Å². The monoisotopic (exact) mass is 201 g/mol. The fourth-order valence-corrected chi connectivity index (χ4v) is 1.36. The van der Waals surface area contributed by atoms with E-state index in [4.69, 9.17) is 5.73 Å². The van der Waals surface area contributed by atoms with Crippen molar-refractivity contribution in [1.82, 2.24) is 9.55 Å². The van der Waals surface area contributed by atoms with Crippen LogP contribution in [0, 0.1) is 0 Å². The van der Waals surface area contributed by atoms with Gasteiger partial charge >= 0.3 is 0 Å². The first kappa shape index (κ1) is 9.45. The van der Waals surface area contributed by atoms with Crippen molar-refractivity contribution in [2.24, 2.45) is 0 Å². The number of hydrogen-bond donors (Lipinski definition) is 1. The van der Waals surface area contributed by atoms with Gasteiger partial charge in [0.1, 0.15) is 0 Å². The lowest BCUT2D eigenvalue weighted by Gasteiger charge is -2.06. The summed E-state index contributed by atoms with van der Waals surface area (Å²) in [5, 5.41) is 0. The van der Waals surface area contributed by atoms with Crippen molar-refractivity contribution in [1.29, 1.82) is 0 Å². The highest BCUT2D eigenvalue weighted by Crippen LogP contribution is 2.10. The van der Waals surface area contributed by atoms with Crippen LogP contribution in [-0.2, 0) is 6.54 Å². The molecule has 15 heavy (non-hydrogen) atoms. The van der Waals surface area contributed by atoms with E-state index in [1.807, 2.05) is 24.3 Å². The molecule has 2 aromatic rings. The van der Waals surface area contributed by atoms with E-state index in [-0.39, 0.29) is 5.56 Å². The van der Waals surface area contributed by atoms with Crippen LogP contribution >= 0.6 is 0 Å². The van der Waals surface area contributed by atoms with E-state index >= 15 is 0 Å². The molecule has 0 saturated carbocycles. The third-order valence-corrected chi connectivity index (χ3v) is 2.19. The van der Waals surface area contributed by atoms with Crippen LogP contribution in [0.25, 0.3) is 0 Å². The van der Waals surface area contributed by atoms with Crippen molar-refractivity contribution in [3.63, 3.8) is 0 Å². The number of aromatic nitrogens is 2. The fraction of sp³-hybridized carbons (Fsp3) is 0.0909. The largest absolute Gasteiger partial charge is 0.398 e. The SMILES string of the molecule is Nc1ccccc1Cn1cnccc1=O. The van der Waals surface area contributed by atoms with Gasteiger partial charge in [0.25, 0.3) is 5.56 Å². The zero-order valence-electron chi connectivity index (χ0n) is 8.13. The predicted molar refractivity (Wildman–Crippen MR) is 58.5 cm³/mol. The third kappa shape index (κ3) is 2.04. The van der Waals surface area contributed by atoms with Crippen LogP contribution in [0.1, 0.15) is 5.56 Å². The summed E-state index contributed by atoms with van der Waals surface area (Å²) >= 11 is 0. The van der Waals surface area contributed by atoms with E-state index in [1.54, 1.807) is 0 Å². The maximum atomic E-state index is 11.4. The summed E-state index contributed by atoms with van der Waals surface area (Å²) < 4.78 is 1.52. The highest BCUT2D eigenvalue weighted by Gasteiger charge is 2.00. The summed E-state index contributed by atoms with van der Waals surface area (Å²) in [6.45, 7) is 0.458. The van der Waals surface area contributed by atoms with Crippen molar-refractivity contribution >= 4 is 5.69 Å². The van der Waals surface area contributed by atoms with Crippen LogP contribution in [0.15, 0.2) is 47.7 Å². The first-order chi connectivity index (χ1) is 7.27. The lowest BCUT2D eigenvalue weighted by atomic mass is 10.2. The molecule has 76 valence electrons. The lowest BCUT2D eigenvalue weighted by molar-refractivity contribution is 0.737. The Morgan fingerprint density at radius 2 is 2.07 bits per heavy atom. The molecule has 0 fully saturated rings. The summed E-state index contributed by atoms with van der Waals surface area (Å²) in [5.74, 6) is 0. The Labute approximate surface area is 87.0 Å². The van der Waals surface area contributed by atoms with Gasteiger partial charge in [-0.15, -0.1) is 0 Å². The number of para-hydroxylation sites is 1. The number of rotatable bonds is 2. The zero-order valence-corrected chi connectivity index (χ0v) is 8.13. The van der Waals surface area contributed by atoms with Gasteiger partial charge in [-0.3, -0.25) is 9.36 Å². The van der Waals surface area contributed by atoms with Gasteiger partial charge in [-0.05, 0) is 11.6 Å². The molecule has 0 unspecified atom stereocenters. The van der Waals surface area contributed by atoms with Crippen molar-refractivity contribution in [2.75, 3.05) is 5.73 Å². The Balaban J connectivity index is 2.34. The predicted octanol–water partition coefficient (Wildman–Crippen LogP) is 0.874. The van der Waals surface area contributed by atoms with Gasteiger partial charge in [0.2, 0.25) is 0 Å². The molecule has 0 spiro atoms. The average molecular weight is 201 g/mol. The van der Waals surface area contributed by atoms with Crippen molar-refractivity contribution in [3.8, 4) is 0 Å². The molecule has 1 aromatic carbocycles. The molecule has 1 aromatic heterocycles. The van der Waals surface area contributed by atoms with Gasteiger partial charge in [-0.2, -0.15) is 0 Å². The van der Waals surface area contributed by atoms with E-state index in [0.717, 1.165) is 5.56 Å². The van der Waals surface area contributed by atoms with E-state index in [1.165, 1.54) is 23.2 Å². The molecule has 0 saturated heterocycles. The van der Waals surface area contributed by atoms with Crippen LogP contribution in [-0.4, -0.2) is 9.55 Å². The molecule has 0 aliphatic rings. The summed E-state index contributed by atoms with van der Waals surface area (Å²) in [6.07, 6.45) is 2.99. The van der Waals surface area contributed by atoms with E-state index in [2.05, 4.69) is 4.98 Å². The zero-order chi connectivity index (χ0) is 10.7. The highest BCUT2D eigenvalue weighted by molar-refractivity contribution is 5.46. The van der Waals surface area contributed by atoms with Gasteiger partial charge in [0, 0.05) is 18.0 Å². The second-order valence-electron chi connectivity index (χ2n) is 3.25. The second-order valence-corrected chi connectivity index (χ2v) is 3.25. The Morgan fingerprint density at radius 1 is 1.27 bits per heavy atom. The molecule has 0 atom stereocenters. The Bertz CT molecular complexity index is 519. The van der Waals surface area contributed by atoms with Gasteiger partial charge in [0.05, 0.1) is 12.9 Å². The standard InChI is InChI=1S/C11H11N3O/c12-10-4-2-1-3-9(10)7-14-8-13-6-5-11(14)15/h1-6,8H,7,12H2. The van der Waals surface area contributed by atoms with Crippen molar-refractivity contribution in [2.45, 2.75) is 6.54 Å². The number of nitrogen functional groups attached to an aromatic ring is 1. The minimum Gasteiger partial charge on any atom is -0.398 e. The van der Waals surface area contributed by atoms with Crippen molar-refractivity contribution < 1.29 is 0 Å². The molecule has 0 aliphatic heterocycles. The Kier molecular flexibility index (Phi) is 2.49. The molecule has 2 rings (SSSR count). The number of nitrogens with two attached hydrogens (primary N) is 1. The van der Waals surface area contributed by atoms with Crippen LogP contribution in [0.5, 0.6) is 0 Å². The topological polar surface area (TPSA) is 60.9 Å². The minimum absolute atomic E-state index is 0.0757. The van der Waals surface area contributed by atoms with Gasteiger partial charge in [-0.1, -0.05) is 18.2 Å². The highest BCUT2D eigenvalue weighted by atomic mass is 16.1. The van der Waals surface area contributed by atoms with E-state index in [0.29, 0.717) is 12.2 Å². The molecule has 0 bridgehead atoms. The normalized spacial score (nSPS) is 10.1. The average Bonchev–Trinajstić information content (AvgIpc) is 2.24. The molecular weight excluding hydrogens is 190 g/mol. The van der Waals surface area contributed by atoms with Crippen molar-refractivity contribution in [3.05, 3.63) is 58.8 Å². The number of nitrogens with zero attached hydrogens (tertiary/aromatic N) is 2. The summed E-state index contributed by atoms with van der Waals surface area (Å²) in [4.78, 5) is 15.3. The van der Waals surface area contributed by atoms with Gasteiger partial charge < -0.3 is 5.73 Å². The quantitative estimate of drug-likeness (QED) is 0.733. The molecule has 0 aliphatic carbocycles. The molecule has 0 amide bonds. The third-order valence-electron chi connectivity index (χ3n) is 2.19. The smallest absolute Gasteiger partial charge is 0.253 e. The van der Waals surface area contributed by atoms with Crippen LogP contribution in [0.4, 0.5) is 5.69 Å². The molecule has 2 N–H and O–H groups in total. The van der Waals surface area contributed by atoms with Crippen LogP contribution in [0.3, 0.4) is 0 Å². The van der Waals surface area contributed by atoms with E-state index < -0.39 is 0 Å². The van der Waals surface area contributed by atoms with Crippen LogP contribution < -0.4 is 11.3 Å². The number of benzene rings is 1. The molecular formula is C11H11N3O. The molecule has 0 radical (unpaired) electrons. The summed E-state index contributed by atoms with van der Waals surface area (Å²) in [7, 11) is 0. The Morgan fingerprint density at radius 3 is 2.80 bits per heavy atom. The number of hydrogen-bond acceptors (Lipinski definition) is 3. The first-order valence-corrected chi connectivity index (χ1v) is 4.61.